The molecule has 0 fully saturated rings. The number of amides is 1. The molecule has 0 atom stereocenters. The van der Waals surface area contributed by atoms with E-state index in [0.29, 0.717) is 6.54 Å². The van der Waals surface area contributed by atoms with E-state index in [-0.39, 0.29) is 16.3 Å². The number of rotatable bonds is 6. The second-order valence-electron chi connectivity index (χ2n) is 3.23. The van der Waals surface area contributed by atoms with Gasteiger partial charge in [-0.05, 0) is 13.0 Å². The van der Waals surface area contributed by atoms with E-state index in [1.807, 2.05) is 0 Å². The number of carbonyl (C=O) groups is 2. The van der Waals surface area contributed by atoms with E-state index >= 15 is 0 Å². The van der Waals surface area contributed by atoms with E-state index in [4.69, 9.17) is 5.11 Å². The minimum absolute atomic E-state index is 0.0756. The second-order valence-corrected chi connectivity index (χ2v) is 5.91. The van der Waals surface area contributed by atoms with E-state index in [9.17, 15) is 18.0 Å². The third kappa shape index (κ3) is 3.79. The van der Waals surface area contributed by atoms with Crippen LogP contribution in [0.2, 0.25) is 0 Å². The first-order valence-corrected chi connectivity index (χ1v) is 7.31. The zero-order chi connectivity index (χ0) is 13.8. The van der Waals surface area contributed by atoms with E-state index in [2.05, 4.69) is 10.0 Å². The van der Waals surface area contributed by atoms with Gasteiger partial charge in [0.15, 0.2) is 0 Å². The number of nitrogens with one attached hydrogen (secondary N) is 2. The molecule has 1 rings (SSSR count). The highest BCUT2D eigenvalue weighted by Gasteiger charge is 2.19. The van der Waals surface area contributed by atoms with E-state index < -0.39 is 21.9 Å². The Balaban J connectivity index is 2.74. The molecular weight excluding hydrogens is 280 g/mol. The van der Waals surface area contributed by atoms with Gasteiger partial charge >= 0.3 is 5.97 Å². The second kappa shape index (κ2) is 5.94. The average Bonchev–Trinajstić information content (AvgIpc) is 2.77. The van der Waals surface area contributed by atoms with Crippen molar-refractivity contribution in [2.24, 2.45) is 0 Å². The van der Waals surface area contributed by atoms with Crippen LogP contribution in [0.3, 0.4) is 0 Å². The summed E-state index contributed by atoms with van der Waals surface area (Å²) in [6.07, 6.45) is 0. The Bertz CT molecular complexity index is 549. The lowest BCUT2D eigenvalue weighted by Crippen LogP contribution is -2.36. The van der Waals surface area contributed by atoms with Crippen molar-refractivity contribution in [2.45, 2.75) is 11.8 Å². The molecule has 3 N–H and O–H groups in total. The quantitative estimate of drug-likeness (QED) is 0.675. The van der Waals surface area contributed by atoms with Crippen molar-refractivity contribution in [2.75, 3.05) is 13.1 Å². The highest BCUT2D eigenvalue weighted by molar-refractivity contribution is 7.89. The van der Waals surface area contributed by atoms with Crippen LogP contribution in [-0.4, -0.2) is 38.5 Å². The zero-order valence-corrected chi connectivity index (χ0v) is 11.1. The van der Waals surface area contributed by atoms with E-state index in [1.165, 1.54) is 5.38 Å². The molecule has 0 bridgehead atoms. The minimum Gasteiger partial charge on any atom is -0.477 e. The Labute approximate surface area is 108 Å². The van der Waals surface area contributed by atoms with Crippen molar-refractivity contribution >= 4 is 33.2 Å². The van der Waals surface area contributed by atoms with Crippen molar-refractivity contribution < 1.29 is 23.1 Å². The van der Waals surface area contributed by atoms with Crippen molar-refractivity contribution in [1.82, 2.24) is 10.0 Å². The Morgan fingerprint density at radius 1 is 1.44 bits per heavy atom. The standard InChI is InChI=1S/C9H12N2O5S2/c1-2-10-8(12)4-11-18(15,16)6-3-7(9(13)14)17-5-6/h3,5,11H,2,4H2,1H3,(H,10,12)(H,13,14). The summed E-state index contributed by atoms with van der Waals surface area (Å²) >= 11 is 0.810. The SMILES string of the molecule is CCNC(=O)CNS(=O)(=O)c1csc(C(=O)O)c1. The van der Waals surface area contributed by atoms with Gasteiger partial charge in [0.25, 0.3) is 0 Å². The third-order valence-electron chi connectivity index (χ3n) is 1.89. The molecular formula is C9H12N2O5S2. The van der Waals surface area contributed by atoms with E-state index in [0.717, 1.165) is 17.4 Å². The fraction of sp³-hybridized carbons (Fsp3) is 0.333. The Morgan fingerprint density at radius 3 is 2.61 bits per heavy atom. The molecule has 1 amide bonds. The molecule has 0 aromatic carbocycles. The minimum atomic E-state index is -3.85. The number of carboxylic acid groups (broad SMARTS) is 1. The summed E-state index contributed by atoms with van der Waals surface area (Å²) in [6, 6.07) is 1.05. The average molecular weight is 292 g/mol. The monoisotopic (exact) mass is 292 g/mol. The number of likely N-dealkylation sites (N-methyl/N-ethyl adjacent to an activating group) is 1. The summed E-state index contributed by atoms with van der Waals surface area (Å²) in [5.74, 6) is -1.64. The Hall–Kier alpha value is -1.45. The maximum Gasteiger partial charge on any atom is 0.345 e. The summed E-state index contributed by atoms with van der Waals surface area (Å²) < 4.78 is 25.5. The maximum absolute atomic E-state index is 11.7. The van der Waals surface area contributed by atoms with Crippen LogP contribution in [0, 0.1) is 0 Å². The molecule has 7 nitrogen and oxygen atoms in total. The lowest BCUT2D eigenvalue weighted by atomic mass is 10.5. The molecule has 0 radical (unpaired) electrons. The molecule has 0 spiro atoms. The largest absolute Gasteiger partial charge is 0.477 e. The van der Waals surface area contributed by atoms with Crippen molar-refractivity contribution in [3.63, 3.8) is 0 Å². The lowest BCUT2D eigenvalue weighted by molar-refractivity contribution is -0.119. The maximum atomic E-state index is 11.7. The van der Waals surface area contributed by atoms with Crippen molar-refractivity contribution in [3.05, 3.63) is 16.3 Å². The zero-order valence-electron chi connectivity index (χ0n) is 9.47. The molecule has 100 valence electrons. The highest BCUT2D eigenvalue weighted by Crippen LogP contribution is 2.18. The van der Waals surface area contributed by atoms with E-state index in [1.54, 1.807) is 6.92 Å². The number of thiophene rings is 1. The van der Waals surface area contributed by atoms with Crippen LogP contribution in [0.4, 0.5) is 0 Å². The smallest absolute Gasteiger partial charge is 0.345 e. The first-order valence-electron chi connectivity index (χ1n) is 4.95. The van der Waals surface area contributed by atoms with Gasteiger partial charge in [-0.15, -0.1) is 11.3 Å². The summed E-state index contributed by atoms with van der Waals surface area (Å²) in [5, 5.41) is 12.3. The summed E-state index contributed by atoms with van der Waals surface area (Å²) in [6.45, 7) is 1.74. The van der Waals surface area contributed by atoms with Gasteiger partial charge in [0.2, 0.25) is 15.9 Å². The molecule has 0 saturated heterocycles. The topological polar surface area (TPSA) is 113 Å². The van der Waals surface area contributed by atoms with Crippen molar-refractivity contribution in [3.8, 4) is 0 Å². The normalized spacial score (nSPS) is 11.2. The number of hydrogen-bond donors (Lipinski definition) is 3. The van der Waals surface area contributed by atoms with Crippen LogP contribution in [-0.2, 0) is 14.8 Å². The molecule has 0 aliphatic carbocycles. The van der Waals surface area contributed by atoms with Gasteiger partial charge in [-0.1, -0.05) is 0 Å². The van der Waals surface area contributed by atoms with Crippen LogP contribution >= 0.6 is 11.3 Å². The van der Waals surface area contributed by atoms with Gasteiger partial charge < -0.3 is 10.4 Å². The Kier molecular flexibility index (Phi) is 4.82. The van der Waals surface area contributed by atoms with Crippen molar-refractivity contribution in [1.29, 1.82) is 0 Å². The molecule has 18 heavy (non-hydrogen) atoms. The number of aromatic carboxylic acids is 1. The molecule has 0 unspecified atom stereocenters. The number of carboxylic acids is 1. The van der Waals surface area contributed by atoms with Crippen LogP contribution in [0.5, 0.6) is 0 Å². The molecule has 1 heterocycles. The highest BCUT2D eigenvalue weighted by atomic mass is 32.2. The van der Waals surface area contributed by atoms with Gasteiger partial charge in [0.05, 0.1) is 11.4 Å². The van der Waals surface area contributed by atoms with Gasteiger partial charge in [-0.2, -0.15) is 0 Å². The fourth-order valence-electron chi connectivity index (χ4n) is 1.08. The van der Waals surface area contributed by atoms with Gasteiger partial charge in [0.1, 0.15) is 4.88 Å². The lowest BCUT2D eigenvalue weighted by Gasteiger charge is -2.04. The predicted molar refractivity (Wildman–Crippen MR) is 65.2 cm³/mol. The molecule has 0 saturated carbocycles. The molecule has 1 aromatic heterocycles. The fourth-order valence-corrected chi connectivity index (χ4v) is 3.17. The third-order valence-corrected chi connectivity index (χ3v) is 4.34. The first-order chi connectivity index (χ1) is 8.36. The van der Waals surface area contributed by atoms with Crippen LogP contribution in [0.1, 0.15) is 16.6 Å². The summed E-state index contributed by atoms with van der Waals surface area (Å²) in [7, 11) is -3.85. The van der Waals surface area contributed by atoms with Gasteiger partial charge in [-0.3, -0.25) is 4.79 Å². The van der Waals surface area contributed by atoms with Crippen LogP contribution in [0.25, 0.3) is 0 Å². The number of carbonyl (C=O) groups excluding carboxylic acids is 1. The molecule has 9 heteroatoms. The summed E-state index contributed by atoms with van der Waals surface area (Å²) in [4.78, 5) is 21.5. The molecule has 1 aromatic rings. The number of sulfonamides is 1. The predicted octanol–water partition coefficient (Wildman–Crippen LogP) is -0.139. The number of hydrogen-bond acceptors (Lipinski definition) is 5. The van der Waals surface area contributed by atoms with Crippen LogP contribution in [0.15, 0.2) is 16.3 Å². The molecule has 0 aliphatic heterocycles. The Morgan fingerprint density at radius 2 is 2.11 bits per heavy atom. The van der Waals surface area contributed by atoms with Gasteiger partial charge in [0, 0.05) is 11.9 Å². The first kappa shape index (κ1) is 14.6. The summed E-state index contributed by atoms with van der Waals surface area (Å²) in [5.41, 5.74) is 0. The van der Waals surface area contributed by atoms with Gasteiger partial charge in [-0.25, -0.2) is 17.9 Å². The van der Waals surface area contributed by atoms with Crippen LogP contribution < -0.4 is 10.0 Å². The molecule has 0 aliphatic rings.